The molecule has 0 radical (unpaired) electrons. The number of hydrogen-bond acceptors (Lipinski definition) is 7. The van der Waals surface area contributed by atoms with Crippen LogP contribution in [0.1, 0.15) is 18.4 Å². The maximum Gasteiger partial charge on any atom is 1.00 e. The topological polar surface area (TPSA) is 116 Å². The molecule has 0 aliphatic heterocycles. The van der Waals surface area contributed by atoms with Crippen LogP contribution in [-0.4, -0.2) is 18.4 Å². The van der Waals surface area contributed by atoms with Crippen LogP contribution in [0.25, 0.3) is 0 Å². The second-order valence-electron chi connectivity index (χ2n) is 5.24. The second-order valence-corrected chi connectivity index (χ2v) is 7.49. The average molecular weight is 463 g/mol. The second kappa shape index (κ2) is 14.6. The summed E-state index contributed by atoms with van der Waals surface area (Å²) >= 11 is 0. The van der Waals surface area contributed by atoms with E-state index in [1.807, 2.05) is 36.4 Å². The molecule has 2 rings (SSSR count). The predicted octanol–water partition coefficient (Wildman–Crippen LogP) is -3.55. The fourth-order valence-corrected chi connectivity index (χ4v) is 3.73. The van der Waals surface area contributed by atoms with Crippen LogP contribution >= 0.6 is 8.25 Å². The largest absolute Gasteiger partial charge is 1.00 e. The summed E-state index contributed by atoms with van der Waals surface area (Å²) in [5, 5.41) is 0. The Hall–Kier alpha value is 1.57. The van der Waals surface area contributed by atoms with Gasteiger partial charge in [0.1, 0.15) is 29.9 Å². The van der Waals surface area contributed by atoms with Gasteiger partial charge in [0.05, 0.1) is 0 Å². The molecule has 0 aliphatic rings. The summed E-state index contributed by atoms with van der Waals surface area (Å²) in [7, 11) is -8.58. The molecule has 2 atom stereocenters. The first-order valence-corrected chi connectivity index (χ1v) is 10.2. The minimum absolute atomic E-state index is 0. The molecule has 2 unspecified atom stereocenters. The normalized spacial score (nSPS) is 13.0. The first-order chi connectivity index (χ1) is 11.8. The van der Waals surface area contributed by atoms with Crippen molar-refractivity contribution < 1.29 is 134 Å². The molecule has 0 aliphatic carbocycles. The summed E-state index contributed by atoms with van der Waals surface area (Å²) in [6.45, 7) is 0. The van der Waals surface area contributed by atoms with Crippen LogP contribution in [0.5, 0.6) is 11.5 Å². The van der Waals surface area contributed by atoms with Crippen LogP contribution in [0.4, 0.5) is 0 Å². The fourth-order valence-electron chi connectivity index (χ4n) is 2.23. The Kier molecular flexibility index (Phi) is 15.4. The molecule has 2 aromatic carbocycles. The Morgan fingerprint density at radius 2 is 1.63 bits per heavy atom. The molecule has 0 fully saturated rings. The van der Waals surface area contributed by atoms with Gasteiger partial charge < -0.3 is 23.3 Å². The quantitative estimate of drug-likeness (QED) is 0.215. The number of benzene rings is 2. The third-order valence-electron chi connectivity index (χ3n) is 3.33. The molecule has 7 nitrogen and oxygen atoms in total. The zero-order chi connectivity index (χ0) is 18.3. The van der Waals surface area contributed by atoms with E-state index in [0.717, 1.165) is 5.56 Å². The molecule has 2 aromatic rings. The molecule has 0 saturated heterocycles. The molecule has 136 valence electrons. The predicted molar refractivity (Wildman–Crippen MR) is 89.5 cm³/mol. The van der Waals surface area contributed by atoms with Gasteiger partial charge in [-0.3, -0.25) is 0 Å². The van der Waals surface area contributed by atoms with Crippen LogP contribution in [0.2, 0.25) is 0 Å². The fraction of sp³-hybridized carbons (Fsp3) is 0.250. The Bertz CT molecular complexity index is 819. The van der Waals surface area contributed by atoms with Gasteiger partial charge in [-0.2, -0.15) is 0 Å². The van der Waals surface area contributed by atoms with Gasteiger partial charge in [0.2, 0.25) is 0 Å². The van der Waals surface area contributed by atoms with Crippen LogP contribution in [0.3, 0.4) is 0 Å². The van der Waals surface area contributed by atoms with E-state index < -0.39 is 23.8 Å². The van der Waals surface area contributed by atoms with Gasteiger partial charge in [0.25, 0.3) is 0 Å². The summed E-state index contributed by atoms with van der Waals surface area (Å²) in [6.07, 6.45) is 0.519. The molecule has 0 heterocycles. The summed E-state index contributed by atoms with van der Waals surface area (Å²) in [6, 6.07) is 16.4. The van der Waals surface area contributed by atoms with Crippen molar-refractivity contribution in [3.8, 4) is 11.5 Å². The third-order valence-corrected chi connectivity index (χ3v) is 4.96. The standard InChI is InChI=1S/C16H19O7PS.2K/c17-24(18)23-16(25(19,20)21)11-5-7-13-6-4-10-15(12-13)22-14-8-2-1-3-9-14;;/h1-4,6,8-10,12,16,24H,5,7,11H2,(H,17,18)(H,19,20,21);;/q;2*+1/p-2. The van der Waals surface area contributed by atoms with Crippen molar-refractivity contribution in [2.45, 2.75) is 24.7 Å². The average Bonchev–Trinajstić information content (AvgIpc) is 2.54. The van der Waals surface area contributed by atoms with Crippen molar-refractivity contribution in [1.29, 1.82) is 0 Å². The number of hydrogen-bond donors (Lipinski definition) is 0. The smallest absolute Gasteiger partial charge is 0.781 e. The molecular formula is C16H17K2O7PS. The van der Waals surface area contributed by atoms with E-state index in [4.69, 9.17) is 4.74 Å². The van der Waals surface area contributed by atoms with Crippen molar-refractivity contribution in [2.24, 2.45) is 0 Å². The van der Waals surface area contributed by atoms with Crippen LogP contribution < -0.4 is 112 Å². The number of ether oxygens (including phenoxy) is 1. The van der Waals surface area contributed by atoms with Gasteiger partial charge in [-0.15, -0.1) is 0 Å². The van der Waals surface area contributed by atoms with Crippen molar-refractivity contribution >= 4 is 18.4 Å². The molecule has 27 heavy (non-hydrogen) atoms. The van der Waals surface area contributed by atoms with E-state index in [2.05, 4.69) is 4.52 Å². The van der Waals surface area contributed by atoms with E-state index >= 15 is 0 Å². The van der Waals surface area contributed by atoms with E-state index in [9.17, 15) is 22.4 Å². The van der Waals surface area contributed by atoms with Crippen molar-refractivity contribution in [3.05, 3.63) is 60.2 Å². The molecule has 0 amide bonds. The maximum atomic E-state index is 11.0. The van der Waals surface area contributed by atoms with Crippen LogP contribution in [0, 0.1) is 0 Å². The Morgan fingerprint density at radius 3 is 2.22 bits per heavy atom. The van der Waals surface area contributed by atoms with Gasteiger partial charge in [-0.25, -0.2) is 8.42 Å². The first-order valence-electron chi connectivity index (χ1n) is 7.49. The summed E-state index contributed by atoms with van der Waals surface area (Å²) in [4.78, 5) is 10.5. The van der Waals surface area contributed by atoms with E-state index in [1.54, 1.807) is 18.2 Å². The van der Waals surface area contributed by atoms with E-state index in [1.165, 1.54) is 0 Å². The minimum atomic E-state index is -4.83. The minimum Gasteiger partial charge on any atom is -0.781 e. The SMILES string of the molecule is O=[PH]([O-])OC(CCCc1cccc(Oc2ccccc2)c1)S(=O)(=O)[O-].[K+].[K+]. The van der Waals surface area contributed by atoms with Crippen molar-refractivity contribution in [2.75, 3.05) is 0 Å². The molecule has 0 aromatic heterocycles. The van der Waals surface area contributed by atoms with Crippen LogP contribution in [0.15, 0.2) is 54.6 Å². The molecule has 0 bridgehead atoms. The van der Waals surface area contributed by atoms with Gasteiger partial charge in [0.15, 0.2) is 5.44 Å². The summed E-state index contributed by atoms with van der Waals surface area (Å²) in [5.74, 6) is 1.31. The van der Waals surface area contributed by atoms with Crippen molar-refractivity contribution in [3.63, 3.8) is 0 Å². The monoisotopic (exact) mass is 462 g/mol. The van der Waals surface area contributed by atoms with Gasteiger partial charge in [-0.1, -0.05) is 30.3 Å². The van der Waals surface area contributed by atoms with Gasteiger partial charge in [0, 0.05) is 0 Å². The number of para-hydroxylation sites is 1. The van der Waals surface area contributed by atoms with E-state index in [-0.39, 0.29) is 116 Å². The maximum absolute atomic E-state index is 11.0. The molecule has 0 N–H and O–H groups in total. The number of rotatable bonds is 9. The Balaban J connectivity index is 0.00000338. The molecule has 0 saturated carbocycles. The number of aryl methyl sites for hydroxylation is 1. The summed E-state index contributed by atoms with van der Waals surface area (Å²) in [5.41, 5.74) is -1.01. The van der Waals surface area contributed by atoms with Gasteiger partial charge >= 0.3 is 103 Å². The van der Waals surface area contributed by atoms with Crippen LogP contribution in [-0.2, 0) is 25.6 Å². The zero-order valence-corrected chi connectivity index (χ0v) is 23.2. The van der Waals surface area contributed by atoms with Crippen molar-refractivity contribution in [1.82, 2.24) is 0 Å². The molecule has 0 spiro atoms. The Morgan fingerprint density at radius 1 is 1.00 bits per heavy atom. The molecular weight excluding hydrogens is 445 g/mol. The third kappa shape index (κ3) is 11.5. The van der Waals surface area contributed by atoms with E-state index in [0.29, 0.717) is 17.9 Å². The Labute approximate surface area is 244 Å². The summed E-state index contributed by atoms with van der Waals surface area (Å²) < 4.78 is 53.5. The first kappa shape index (κ1) is 28.6. The molecule has 11 heteroatoms. The zero-order valence-electron chi connectivity index (χ0n) is 15.2. The van der Waals surface area contributed by atoms with Gasteiger partial charge in [-0.05, 0) is 49.1 Å².